The number of carbonyl (C=O) groups is 2. The van der Waals surface area contributed by atoms with E-state index >= 15 is 0 Å². The lowest BCUT2D eigenvalue weighted by Gasteiger charge is -2.22. The minimum atomic E-state index is -0.920. The summed E-state index contributed by atoms with van der Waals surface area (Å²) in [7, 11) is 0. The molecule has 0 spiro atoms. The van der Waals surface area contributed by atoms with Crippen LogP contribution in [0.25, 0.3) is 16.0 Å². The fourth-order valence-corrected chi connectivity index (χ4v) is 5.36. The van der Waals surface area contributed by atoms with Crippen molar-refractivity contribution < 1.29 is 28.9 Å². The molecule has 0 saturated carbocycles. The van der Waals surface area contributed by atoms with E-state index in [1.165, 1.54) is 16.2 Å². The third kappa shape index (κ3) is 3.54. The molecule has 1 saturated heterocycles. The molecular formula is C26H19N3O6S. The highest BCUT2D eigenvalue weighted by Crippen LogP contribution is 2.45. The van der Waals surface area contributed by atoms with Crippen molar-refractivity contribution in [3.8, 4) is 17.2 Å². The Morgan fingerprint density at radius 3 is 2.83 bits per heavy atom. The van der Waals surface area contributed by atoms with Crippen molar-refractivity contribution >= 4 is 44.1 Å². The summed E-state index contributed by atoms with van der Waals surface area (Å²) >= 11 is 1.27. The van der Waals surface area contributed by atoms with Gasteiger partial charge in [0.2, 0.25) is 6.79 Å². The number of nitrogens with zero attached hydrogens (tertiary/aromatic N) is 3. The highest BCUT2D eigenvalue weighted by Gasteiger charge is 2.48. The van der Waals surface area contributed by atoms with Gasteiger partial charge in [0.15, 0.2) is 16.6 Å². The zero-order valence-corrected chi connectivity index (χ0v) is 19.8. The van der Waals surface area contributed by atoms with Crippen molar-refractivity contribution in [1.29, 1.82) is 0 Å². The van der Waals surface area contributed by atoms with E-state index in [2.05, 4.69) is 9.97 Å². The zero-order chi connectivity index (χ0) is 24.8. The first-order valence-corrected chi connectivity index (χ1v) is 12.0. The lowest BCUT2D eigenvalue weighted by molar-refractivity contribution is -0.132. The van der Waals surface area contributed by atoms with Crippen molar-refractivity contribution in [2.75, 3.05) is 18.3 Å². The highest BCUT2D eigenvalue weighted by molar-refractivity contribution is 7.22. The van der Waals surface area contributed by atoms with Crippen LogP contribution in [0.1, 0.15) is 24.1 Å². The molecule has 6 rings (SSSR count). The number of ether oxygens (including phenoxy) is 3. The van der Waals surface area contributed by atoms with E-state index in [-0.39, 0.29) is 18.1 Å². The number of benzene rings is 2. The number of fused-ring (bicyclic) bond motifs is 2. The second kappa shape index (κ2) is 8.65. The Balaban J connectivity index is 1.51. The monoisotopic (exact) mass is 501 g/mol. The Bertz CT molecular complexity index is 1550. The van der Waals surface area contributed by atoms with Crippen LogP contribution in [-0.2, 0) is 9.59 Å². The van der Waals surface area contributed by atoms with Gasteiger partial charge >= 0.3 is 5.91 Å². The van der Waals surface area contributed by atoms with E-state index in [0.717, 1.165) is 4.70 Å². The molecule has 0 aliphatic carbocycles. The first kappa shape index (κ1) is 22.1. The van der Waals surface area contributed by atoms with Gasteiger partial charge in [-0.3, -0.25) is 19.5 Å². The van der Waals surface area contributed by atoms with Crippen LogP contribution in [-0.4, -0.2) is 40.2 Å². The van der Waals surface area contributed by atoms with Crippen LogP contribution in [0.3, 0.4) is 0 Å². The predicted molar refractivity (Wildman–Crippen MR) is 132 cm³/mol. The number of thiazole rings is 1. The molecule has 180 valence electrons. The van der Waals surface area contributed by atoms with Crippen molar-refractivity contribution in [1.82, 2.24) is 9.97 Å². The smallest absolute Gasteiger partial charge is 0.301 e. The highest BCUT2D eigenvalue weighted by atomic mass is 32.1. The van der Waals surface area contributed by atoms with Crippen LogP contribution < -0.4 is 19.1 Å². The van der Waals surface area contributed by atoms with Crippen molar-refractivity contribution in [3.05, 3.63) is 77.6 Å². The molecule has 10 heteroatoms. The Kier molecular flexibility index (Phi) is 5.30. The van der Waals surface area contributed by atoms with Gasteiger partial charge in [0.25, 0.3) is 5.78 Å². The summed E-state index contributed by atoms with van der Waals surface area (Å²) in [5.74, 6) is -0.237. The molecule has 1 atom stereocenters. The third-order valence-corrected chi connectivity index (χ3v) is 6.97. The Hall–Kier alpha value is -4.44. The maximum absolute atomic E-state index is 13.4. The molecule has 2 aromatic heterocycles. The van der Waals surface area contributed by atoms with E-state index in [1.54, 1.807) is 42.7 Å². The normalized spacial score (nSPS) is 18.2. The molecule has 4 aromatic rings. The third-order valence-electron chi connectivity index (χ3n) is 5.96. The number of rotatable bonds is 5. The number of aliphatic hydroxyl groups is 1. The number of carbonyl (C=O) groups excluding carboxylic acids is 2. The molecule has 2 aliphatic heterocycles. The van der Waals surface area contributed by atoms with Gasteiger partial charge in [0.05, 0.1) is 28.4 Å². The molecule has 4 heterocycles. The molecule has 1 N–H and O–H groups in total. The second-order valence-electron chi connectivity index (χ2n) is 8.08. The summed E-state index contributed by atoms with van der Waals surface area (Å²) in [6, 6.07) is 12.9. The van der Waals surface area contributed by atoms with Gasteiger partial charge in [0.1, 0.15) is 11.5 Å². The standard InChI is InChI=1S/C26H19N3O6S/c1-2-33-16-6-7-17-20(11-16)36-26(28-17)29-22(15-4-3-9-27-12-15)21(24(31)25(29)32)23(30)14-5-8-18-19(10-14)35-13-34-18/h3-12,22,30H,2,13H2,1H3/b23-21+. The molecule has 9 nitrogen and oxygen atoms in total. The van der Waals surface area contributed by atoms with Crippen LogP contribution in [0.5, 0.6) is 17.2 Å². The Morgan fingerprint density at radius 2 is 2.03 bits per heavy atom. The average Bonchev–Trinajstić information content (AvgIpc) is 3.60. The Labute approximate surface area is 209 Å². The summed E-state index contributed by atoms with van der Waals surface area (Å²) in [5.41, 5.74) is 1.51. The van der Waals surface area contributed by atoms with Crippen LogP contribution in [0.2, 0.25) is 0 Å². The number of ketones is 1. The van der Waals surface area contributed by atoms with E-state index < -0.39 is 17.7 Å². The first-order valence-electron chi connectivity index (χ1n) is 11.2. The Morgan fingerprint density at radius 1 is 1.17 bits per heavy atom. The number of amides is 1. The lowest BCUT2D eigenvalue weighted by atomic mass is 9.96. The topological polar surface area (TPSA) is 111 Å². The van der Waals surface area contributed by atoms with E-state index in [0.29, 0.717) is 45.6 Å². The first-order chi connectivity index (χ1) is 17.5. The zero-order valence-electron chi connectivity index (χ0n) is 19.0. The number of pyridine rings is 1. The van der Waals surface area contributed by atoms with E-state index in [1.807, 2.05) is 25.1 Å². The number of Topliss-reactive ketones (excluding diaryl/α,β-unsaturated/α-hetero) is 1. The van der Waals surface area contributed by atoms with Gasteiger partial charge < -0.3 is 19.3 Å². The summed E-state index contributed by atoms with van der Waals surface area (Å²) in [6.07, 6.45) is 3.16. The molecule has 1 fully saturated rings. The number of aromatic nitrogens is 2. The minimum absolute atomic E-state index is 0.0545. The van der Waals surface area contributed by atoms with Crippen molar-refractivity contribution in [2.24, 2.45) is 0 Å². The summed E-state index contributed by atoms with van der Waals surface area (Å²) in [6.45, 7) is 2.49. The van der Waals surface area contributed by atoms with E-state index in [4.69, 9.17) is 14.2 Å². The van der Waals surface area contributed by atoms with Crippen molar-refractivity contribution in [3.63, 3.8) is 0 Å². The van der Waals surface area contributed by atoms with Crippen LogP contribution in [0.15, 0.2) is 66.5 Å². The molecule has 1 amide bonds. The van der Waals surface area contributed by atoms with Crippen LogP contribution in [0.4, 0.5) is 5.13 Å². The summed E-state index contributed by atoms with van der Waals surface area (Å²) in [5, 5.41) is 11.6. The van der Waals surface area contributed by atoms with Gasteiger partial charge in [-0.1, -0.05) is 17.4 Å². The quantitative estimate of drug-likeness (QED) is 0.243. The number of hydrogen-bond acceptors (Lipinski definition) is 9. The molecular weight excluding hydrogens is 482 g/mol. The second-order valence-corrected chi connectivity index (χ2v) is 9.09. The predicted octanol–water partition coefficient (Wildman–Crippen LogP) is 4.45. The fourth-order valence-electron chi connectivity index (χ4n) is 4.33. The molecule has 0 radical (unpaired) electrons. The van der Waals surface area contributed by atoms with Gasteiger partial charge in [0, 0.05) is 18.0 Å². The molecule has 36 heavy (non-hydrogen) atoms. The van der Waals surface area contributed by atoms with Gasteiger partial charge in [-0.05, 0) is 55.0 Å². The number of aliphatic hydroxyl groups excluding tert-OH is 1. The summed E-state index contributed by atoms with van der Waals surface area (Å²) < 4.78 is 17.1. The number of hydrogen-bond donors (Lipinski definition) is 1. The summed E-state index contributed by atoms with van der Waals surface area (Å²) in [4.78, 5) is 36.8. The SMILES string of the molecule is CCOc1ccc2nc(N3C(=O)C(=O)/C(=C(/O)c4ccc5c(c4)OCO5)C3c3cccnc3)sc2c1. The van der Waals surface area contributed by atoms with Gasteiger partial charge in [-0.25, -0.2) is 4.98 Å². The molecule has 0 bridgehead atoms. The largest absolute Gasteiger partial charge is 0.507 e. The average molecular weight is 502 g/mol. The van der Waals surface area contributed by atoms with Crippen LogP contribution in [0, 0.1) is 0 Å². The fraction of sp³-hybridized carbons (Fsp3) is 0.154. The number of anilines is 1. The molecule has 1 unspecified atom stereocenters. The van der Waals surface area contributed by atoms with E-state index in [9.17, 15) is 14.7 Å². The lowest BCUT2D eigenvalue weighted by Crippen LogP contribution is -2.29. The van der Waals surface area contributed by atoms with Crippen LogP contribution >= 0.6 is 11.3 Å². The molecule has 2 aliphatic rings. The maximum atomic E-state index is 13.4. The van der Waals surface area contributed by atoms with Gasteiger partial charge in [-0.15, -0.1) is 0 Å². The minimum Gasteiger partial charge on any atom is -0.507 e. The molecule has 2 aromatic carbocycles. The van der Waals surface area contributed by atoms with Gasteiger partial charge in [-0.2, -0.15) is 0 Å². The maximum Gasteiger partial charge on any atom is 0.301 e. The van der Waals surface area contributed by atoms with Crippen molar-refractivity contribution in [2.45, 2.75) is 13.0 Å².